The molecule has 0 aromatic carbocycles. The molecule has 0 rings (SSSR count). The third-order valence-electron chi connectivity index (χ3n) is 1.06. The molecule has 70 valence electrons. The van der Waals surface area contributed by atoms with Crippen LogP contribution < -0.4 is 4.72 Å². The van der Waals surface area contributed by atoms with Crippen LogP contribution in [-0.4, -0.2) is 31.3 Å². The Hall–Kier alpha value is -0.880. The molecular formula is C6H11NO4S. The molecule has 0 saturated carbocycles. The van der Waals surface area contributed by atoms with Gasteiger partial charge in [-0.1, -0.05) is 6.08 Å². The second-order valence-corrected chi connectivity index (χ2v) is 4.05. The van der Waals surface area contributed by atoms with Gasteiger partial charge in [0.15, 0.2) is 0 Å². The summed E-state index contributed by atoms with van der Waals surface area (Å²) >= 11 is 0. The largest absolute Gasteiger partial charge is 0.480 e. The summed E-state index contributed by atoms with van der Waals surface area (Å²) in [5.41, 5.74) is 0. The van der Waals surface area contributed by atoms with Crippen molar-refractivity contribution in [3.05, 3.63) is 12.7 Å². The first-order valence-electron chi connectivity index (χ1n) is 3.23. The Morgan fingerprint density at radius 3 is 2.58 bits per heavy atom. The maximum absolute atomic E-state index is 10.9. The van der Waals surface area contributed by atoms with E-state index in [4.69, 9.17) is 5.11 Å². The summed E-state index contributed by atoms with van der Waals surface area (Å²) in [6.07, 6.45) is 1.19. The SMILES string of the molecule is C=CCS(=O)(=O)N[C@H](C)C(=O)O. The normalized spacial score (nSPS) is 13.8. The summed E-state index contributed by atoms with van der Waals surface area (Å²) in [4.78, 5) is 10.2. The van der Waals surface area contributed by atoms with Gasteiger partial charge in [-0.05, 0) is 6.92 Å². The van der Waals surface area contributed by atoms with Crippen molar-refractivity contribution in [2.24, 2.45) is 0 Å². The molecule has 0 bridgehead atoms. The smallest absolute Gasteiger partial charge is 0.321 e. The van der Waals surface area contributed by atoms with Crippen LogP contribution in [0.5, 0.6) is 0 Å². The Labute approximate surface area is 71.1 Å². The van der Waals surface area contributed by atoms with Crippen molar-refractivity contribution in [3.63, 3.8) is 0 Å². The van der Waals surface area contributed by atoms with Gasteiger partial charge >= 0.3 is 5.97 Å². The zero-order valence-corrected chi connectivity index (χ0v) is 7.47. The summed E-state index contributed by atoms with van der Waals surface area (Å²) in [6.45, 7) is 4.48. The van der Waals surface area contributed by atoms with E-state index in [0.717, 1.165) is 0 Å². The first-order valence-corrected chi connectivity index (χ1v) is 4.88. The average molecular weight is 193 g/mol. The fourth-order valence-electron chi connectivity index (χ4n) is 0.523. The summed E-state index contributed by atoms with van der Waals surface area (Å²) in [5.74, 6) is -1.48. The van der Waals surface area contributed by atoms with E-state index >= 15 is 0 Å². The Bertz CT molecular complexity index is 269. The third kappa shape index (κ3) is 4.09. The quantitative estimate of drug-likeness (QED) is 0.580. The van der Waals surface area contributed by atoms with Crippen LogP contribution in [0.4, 0.5) is 0 Å². The fraction of sp³-hybridized carbons (Fsp3) is 0.500. The molecule has 6 heteroatoms. The molecule has 0 aliphatic heterocycles. The lowest BCUT2D eigenvalue weighted by atomic mass is 10.4. The Morgan fingerprint density at radius 1 is 1.75 bits per heavy atom. The molecule has 0 heterocycles. The average Bonchev–Trinajstić information content (AvgIpc) is 1.85. The van der Waals surface area contributed by atoms with Gasteiger partial charge in [-0.15, -0.1) is 6.58 Å². The topological polar surface area (TPSA) is 83.5 Å². The molecule has 0 amide bonds. The van der Waals surface area contributed by atoms with Crippen molar-refractivity contribution in [1.82, 2.24) is 4.72 Å². The zero-order chi connectivity index (χ0) is 9.78. The van der Waals surface area contributed by atoms with Gasteiger partial charge in [0.05, 0.1) is 5.75 Å². The van der Waals surface area contributed by atoms with E-state index in [2.05, 4.69) is 6.58 Å². The first kappa shape index (κ1) is 11.1. The lowest BCUT2D eigenvalue weighted by Gasteiger charge is -2.07. The lowest BCUT2D eigenvalue weighted by molar-refractivity contribution is -0.138. The van der Waals surface area contributed by atoms with Crippen LogP contribution in [0.2, 0.25) is 0 Å². The van der Waals surface area contributed by atoms with Crippen molar-refractivity contribution in [3.8, 4) is 0 Å². The number of carboxylic acids is 1. The molecule has 0 aromatic rings. The minimum Gasteiger partial charge on any atom is -0.480 e. The molecule has 5 nitrogen and oxygen atoms in total. The highest BCUT2D eigenvalue weighted by Gasteiger charge is 2.17. The minimum atomic E-state index is -3.52. The molecule has 0 fully saturated rings. The van der Waals surface area contributed by atoms with Crippen molar-refractivity contribution >= 4 is 16.0 Å². The Balaban J connectivity index is 4.25. The number of hydrogen-bond donors (Lipinski definition) is 2. The van der Waals surface area contributed by atoms with Gasteiger partial charge in [0.25, 0.3) is 0 Å². The van der Waals surface area contributed by atoms with Gasteiger partial charge in [0.1, 0.15) is 6.04 Å². The van der Waals surface area contributed by atoms with Crippen LogP contribution in [0.3, 0.4) is 0 Å². The molecule has 1 atom stereocenters. The number of nitrogens with one attached hydrogen (secondary N) is 1. The van der Waals surface area contributed by atoms with E-state index in [1.165, 1.54) is 13.0 Å². The van der Waals surface area contributed by atoms with Gasteiger partial charge in [-0.25, -0.2) is 13.1 Å². The molecule has 0 unspecified atom stereocenters. The Morgan fingerprint density at radius 2 is 2.25 bits per heavy atom. The maximum Gasteiger partial charge on any atom is 0.321 e. The summed E-state index contributed by atoms with van der Waals surface area (Å²) in [7, 11) is -3.52. The van der Waals surface area contributed by atoms with Gasteiger partial charge in [0, 0.05) is 0 Å². The number of sulfonamides is 1. The van der Waals surface area contributed by atoms with Crippen molar-refractivity contribution in [1.29, 1.82) is 0 Å². The van der Waals surface area contributed by atoms with E-state index in [0.29, 0.717) is 0 Å². The summed E-state index contributed by atoms with van der Waals surface area (Å²) in [5, 5.41) is 8.36. The molecular weight excluding hydrogens is 182 g/mol. The summed E-state index contributed by atoms with van der Waals surface area (Å²) in [6, 6.07) is -1.10. The number of carbonyl (C=O) groups is 1. The van der Waals surface area contributed by atoms with Crippen LogP contribution in [-0.2, 0) is 14.8 Å². The standard InChI is InChI=1S/C6H11NO4S/c1-3-4-12(10,11)7-5(2)6(8)9/h3,5,7H,1,4H2,2H3,(H,8,9)/t5-/m1/s1. The van der Waals surface area contributed by atoms with Gasteiger partial charge in [0.2, 0.25) is 10.0 Å². The first-order chi connectivity index (χ1) is 5.39. The van der Waals surface area contributed by atoms with Crippen LogP contribution in [0.25, 0.3) is 0 Å². The highest BCUT2D eigenvalue weighted by atomic mass is 32.2. The molecule has 0 radical (unpaired) electrons. The maximum atomic E-state index is 10.9. The molecule has 0 aromatic heterocycles. The molecule has 0 aliphatic carbocycles. The molecule has 12 heavy (non-hydrogen) atoms. The highest BCUT2D eigenvalue weighted by molar-refractivity contribution is 7.89. The van der Waals surface area contributed by atoms with Gasteiger partial charge in [-0.2, -0.15) is 0 Å². The predicted molar refractivity (Wildman–Crippen MR) is 44.2 cm³/mol. The second-order valence-electron chi connectivity index (χ2n) is 2.25. The van der Waals surface area contributed by atoms with Crippen molar-refractivity contribution in [2.45, 2.75) is 13.0 Å². The number of carboxylic acid groups (broad SMARTS) is 1. The summed E-state index contributed by atoms with van der Waals surface area (Å²) < 4.78 is 23.8. The number of rotatable bonds is 5. The fourth-order valence-corrected chi connectivity index (χ4v) is 1.57. The highest BCUT2D eigenvalue weighted by Crippen LogP contribution is 1.89. The Kier molecular flexibility index (Phi) is 3.91. The number of aliphatic carboxylic acids is 1. The van der Waals surface area contributed by atoms with E-state index in [1.54, 1.807) is 0 Å². The van der Waals surface area contributed by atoms with Gasteiger partial charge < -0.3 is 5.11 Å². The zero-order valence-electron chi connectivity index (χ0n) is 6.65. The predicted octanol–water partition coefficient (Wildman–Crippen LogP) is -0.435. The van der Waals surface area contributed by atoms with Crippen molar-refractivity contribution in [2.75, 3.05) is 5.75 Å². The monoisotopic (exact) mass is 193 g/mol. The second kappa shape index (κ2) is 4.22. The van der Waals surface area contributed by atoms with Crippen molar-refractivity contribution < 1.29 is 18.3 Å². The minimum absolute atomic E-state index is 0.273. The van der Waals surface area contributed by atoms with E-state index in [-0.39, 0.29) is 5.75 Å². The molecule has 2 N–H and O–H groups in total. The lowest BCUT2D eigenvalue weighted by Crippen LogP contribution is -2.39. The van der Waals surface area contributed by atoms with Crippen LogP contribution in [0.15, 0.2) is 12.7 Å². The van der Waals surface area contributed by atoms with Gasteiger partial charge in [-0.3, -0.25) is 4.79 Å². The van der Waals surface area contributed by atoms with E-state index < -0.39 is 22.0 Å². The van der Waals surface area contributed by atoms with Crippen LogP contribution in [0, 0.1) is 0 Å². The number of hydrogen-bond acceptors (Lipinski definition) is 3. The molecule has 0 spiro atoms. The molecule has 0 saturated heterocycles. The van der Waals surface area contributed by atoms with E-state index in [1.807, 2.05) is 4.72 Å². The van der Waals surface area contributed by atoms with E-state index in [9.17, 15) is 13.2 Å². The molecule has 0 aliphatic rings. The van der Waals surface area contributed by atoms with Crippen LogP contribution in [0.1, 0.15) is 6.92 Å². The third-order valence-corrected chi connectivity index (χ3v) is 2.45. The van der Waals surface area contributed by atoms with Crippen LogP contribution >= 0.6 is 0 Å².